The Balaban J connectivity index is 2.17. The fourth-order valence-corrected chi connectivity index (χ4v) is 2.92. The van der Waals surface area contributed by atoms with Crippen LogP contribution in [-0.2, 0) is 0 Å². The summed E-state index contributed by atoms with van der Waals surface area (Å²) in [5, 5.41) is 0. The Hall–Kier alpha value is -2.85. The molecule has 0 atom stereocenters. The molecule has 0 radical (unpaired) electrons. The minimum Gasteiger partial charge on any atom is -0.401 e. The number of nitrogens with two attached hydrogens (primary N) is 1. The second kappa shape index (κ2) is 9.19. The summed E-state index contributed by atoms with van der Waals surface area (Å²) in [6.07, 6.45) is 2.10. The number of nitrogens with zero attached hydrogens (tertiary/aromatic N) is 2. The van der Waals surface area contributed by atoms with Crippen LogP contribution in [0.2, 0.25) is 0 Å². The Labute approximate surface area is 168 Å². The van der Waals surface area contributed by atoms with Crippen molar-refractivity contribution in [2.24, 2.45) is 5.73 Å². The summed E-state index contributed by atoms with van der Waals surface area (Å²) in [6.45, 7) is 12.3. The maximum atomic E-state index is 5.75. The number of allylic oxidation sites excluding steroid dienone is 1. The lowest BCUT2D eigenvalue weighted by molar-refractivity contribution is 0.571. The van der Waals surface area contributed by atoms with Crippen LogP contribution in [0.25, 0.3) is 6.08 Å². The van der Waals surface area contributed by atoms with Crippen molar-refractivity contribution >= 4 is 34.7 Å². The van der Waals surface area contributed by atoms with Gasteiger partial charge in [-0.2, -0.15) is 0 Å². The maximum absolute atomic E-state index is 5.75. The molecule has 0 spiro atoms. The van der Waals surface area contributed by atoms with Crippen LogP contribution in [0.5, 0.6) is 0 Å². The van der Waals surface area contributed by atoms with Gasteiger partial charge in [0, 0.05) is 29.8 Å². The van der Waals surface area contributed by atoms with Gasteiger partial charge in [0.25, 0.3) is 0 Å². The van der Waals surface area contributed by atoms with Crippen LogP contribution in [0.3, 0.4) is 0 Å². The van der Waals surface area contributed by atoms with Gasteiger partial charge in [-0.05, 0) is 55.3 Å². The van der Waals surface area contributed by atoms with Crippen LogP contribution >= 0.6 is 12.2 Å². The molecule has 0 unspecified atom stereocenters. The van der Waals surface area contributed by atoms with E-state index in [0.717, 1.165) is 33.2 Å². The molecule has 0 saturated heterocycles. The van der Waals surface area contributed by atoms with E-state index >= 15 is 0 Å². The highest BCUT2D eigenvalue weighted by Crippen LogP contribution is 2.24. The van der Waals surface area contributed by atoms with E-state index in [4.69, 9.17) is 18.0 Å². The summed E-state index contributed by atoms with van der Waals surface area (Å²) < 4.78 is 0. The van der Waals surface area contributed by atoms with Crippen LogP contribution in [0, 0.1) is 0 Å². The first-order chi connectivity index (χ1) is 12.8. The van der Waals surface area contributed by atoms with E-state index in [1.165, 1.54) is 0 Å². The first kappa shape index (κ1) is 20.5. The van der Waals surface area contributed by atoms with Crippen molar-refractivity contribution in [1.29, 1.82) is 0 Å². The Morgan fingerprint density at radius 1 is 1.00 bits per heavy atom. The van der Waals surface area contributed by atoms with Gasteiger partial charge in [0.05, 0.1) is 11.5 Å². The number of benzene rings is 2. The molecule has 0 aromatic heterocycles. The quantitative estimate of drug-likeness (QED) is 0.510. The number of hydrogen-bond donors (Lipinski definition) is 1. The molecule has 0 fully saturated rings. The molecular weight excluding hydrogens is 350 g/mol. The molecule has 0 heterocycles. The second-order valence-corrected chi connectivity index (χ2v) is 7.11. The molecule has 0 bridgehead atoms. The van der Waals surface area contributed by atoms with Crippen LogP contribution in [0.1, 0.15) is 19.4 Å². The zero-order chi connectivity index (χ0) is 20.0. The molecule has 2 N–H and O–H groups in total. The highest BCUT2D eigenvalue weighted by Gasteiger charge is 2.12. The largest absolute Gasteiger partial charge is 0.401 e. The molecule has 0 saturated carbocycles. The average Bonchev–Trinajstić information content (AvgIpc) is 2.66. The first-order valence-corrected chi connectivity index (χ1v) is 9.18. The number of rotatable bonds is 7. The van der Waals surface area contributed by atoms with E-state index in [1.807, 2.05) is 36.9 Å². The molecule has 0 aliphatic rings. The smallest absolute Gasteiger partial charge is 0.0795 e. The monoisotopic (exact) mass is 377 g/mol. The highest BCUT2D eigenvalue weighted by molar-refractivity contribution is 7.80. The van der Waals surface area contributed by atoms with Crippen molar-refractivity contribution in [1.82, 2.24) is 4.90 Å². The van der Waals surface area contributed by atoms with Crippen molar-refractivity contribution in [3.8, 4) is 0 Å². The van der Waals surface area contributed by atoms with Crippen molar-refractivity contribution in [3.05, 3.63) is 90.3 Å². The molecule has 0 amide bonds. The van der Waals surface area contributed by atoms with Crippen molar-refractivity contribution in [2.75, 3.05) is 18.5 Å². The molecule has 2 aromatic carbocycles. The minimum atomic E-state index is 0.472. The van der Waals surface area contributed by atoms with Gasteiger partial charge in [0.15, 0.2) is 0 Å². The van der Waals surface area contributed by atoms with Gasteiger partial charge in [-0.1, -0.05) is 55.7 Å². The zero-order valence-corrected chi connectivity index (χ0v) is 17.1. The maximum Gasteiger partial charge on any atom is 0.0795 e. The summed E-state index contributed by atoms with van der Waals surface area (Å²) in [7, 11) is 2.06. The molecular formula is C23H27N3S. The van der Waals surface area contributed by atoms with Crippen LogP contribution in [0.15, 0.2) is 84.7 Å². The number of hydrogen-bond acceptors (Lipinski definition) is 3. The van der Waals surface area contributed by atoms with E-state index in [2.05, 4.69) is 67.6 Å². The van der Waals surface area contributed by atoms with E-state index in [1.54, 1.807) is 0 Å². The third-order valence-electron chi connectivity index (χ3n) is 4.33. The molecule has 2 aromatic rings. The molecule has 2 rings (SSSR count). The summed E-state index contributed by atoms with van der Waals surface area (Å²) in [6, 6.07) is 18.7. The van der Waals surface area contributed by atoms with Crippen molar-refractivity contribution in [3.63, 3.8) is 0 Å². The van der Waals surface area contributed by atoms with Gasteiger partial charge >= 0.3 is 0 Å². The van der Waals surface area contributed by atoms with Crippen LogP contribution in [0.4, 0.5) is 11.4 Å². The lowest BCUT2D eigenvalue weighted by Crippen LogP contribution is -2.30. The lowest BCUT2D eigenvalue weighted by Gasteiger charge is -2.26. The van der Waals surface area contributed by atoms with E-state index in [0.29, 0.717) is 12.2 Å². The third-order valence-corrected chi connectivity index (χ3v) is 4.55. The Morgan fingerprint density at radius 2 is 1.56 bits per heavy atom. The number of anilines is 2. The first-order valence-electron chi connectivity index (χ1n) is 8.77. The van der Waals surface area contributed by atoms with Gasteiger partial charge in [0.2, 0.25) is 0 Å². The predicted molar refractivity (Wildman–Crippen MR) is 122 cm³/mol. The second-order valence-electron chi connectivity index (χ2n) is 6.52. The molecule has 3 nitrogen and oxygen atoms in total. The Bertz CT molecular complexity index is 851. The Kier molecular flexibility index (Phi) is 6.97. The summed E-state index contributed by atoms with van der Waals surface area (Å²) >= 11 is 5.32. The van der Waals surface area contributed by atoms with Crippen molar-refractivity contribution in [2.45, 2.75) is 13.8 Å². The molecule has 4 heteroatoms. The van der Waals surface area contributed by atoms with Crippen LogP contribution in [-0.4, -0.2) is 23.5 Å². The predicted octanol–water partition coefficient (Wildman–Crippen LogP) is 5.49. The average molecular weight is 378 g/mol. The molecule has 27 heavy (non-hydrogen) atoms. The third kappa shape index (κ3) is 5.56. The van der Waals surface area contributed by atoms with Gasteiger partial charge in [-0.3, -0.25) is 0 Å². The van der Waals surface area contributed by atoms with Gasteiger partial charge < -0.3 is 15.5 Å². The molecule has 140 valence electrons. The minimum absolute atomic E-state index is 0.472. The zero-order valence-electron chi connectivity index (χ0n) is 16.3. The molecule has 0 aliphatic carbocycles. The standard InChI is InChI=1S/C23H27N3S/c1-17(19(3)26(20(4)27)16-18(2)24)15-21-11-13-23(14-12-21)25(5)22-9-7-6-8-10-22/h6-15H,2-3,16,24H2,1,4-5H3/b17-15+. The Morgan fingerprint density at radius 3 is 2.07 bits per heavy atom. The van der Waals surface area contributed by atoms with Gasteiger partial charge in [0.1, 0.15) is 0 Å². The lowest BCUT2D eigenvalue weighted by atomic mass is 10.1. The fourth-order valence-electron chi connectivity index (χ4n) is 2.74. The van der Waals surface area contributed by atoms with E-state index < -0.39 is 0 Å². The summed E-state index contributed by atoms with van der Waals surface area (Å²) in [5.74, 6) is 0. The molecule has 0 aliphatic heterocycles. The van der Waals surface area contributed by atoms with Gasteiger partial charge in [-0.15, -0.1) is 0 Å². The summed E-state index contributed by atoms with van der Waals surface area (Å²) in [4.78, 5) is 4.78. The van der Waals surface area contributed by atoms with E-state index in [9.17, 15) is 0 Å². The highest BCUT2D eigenvalue weighted by atomic mass is 32.1. The normalized spacial score (nSPS) is 11.0. The topological polar surface area (TPSA) is 32.5 Å². The van der Waals surface area contributed by atoms with Crippen molar-refractivity contribution < 1.29 is 0 Å². The number of para-hydroxylation sites is 1. The van der Waals surface area contributed by atoms with Gasteiger partial charge in [-0.25, -0.2) is 0 Å². The fraction of sp³-hybridized carbons (Fsp3) is 0.174. The summed E-state index contributed by atoms with van der Waals surface area (Å²) in [5.41, 5.74) is 11.6. The SMILES string of the molecule is C=C(N)CN(C(=C)/C(C)=C/c1ccc(N(C)c2ccccc2)cc1)C(C)=S. The van der Waals surface area contributed by atoms with E-state index in [-0.39, 0.29) is 0 Å². The number of thiocarbonyl (C=S) groups is 1. The van der Waals surface area contributed by atoms with Crippen LogP contribution < -0.4 is 10.6 Å².